The molecule has 3 aromatic carbocycles. The van der Waals surface area contributed by atoms with Crippen LogP contribution in [0, 0.1) is 0 Å². The lowest BCUT2D eigenvalue weighted by Crippen LogP contribution is -2.33. The zero-order valence-corrected chi connectivity index (χ0v) is 18.6. The fraction of sp³-hybridized carbons (Fsp3) is 0.308. The van der Waals surface area contributed by atoms with Crippen LogP contribution in [0.2, 0.25) is 5.02 Å². The molecular formula is C26H29ClN2O2. The Hall–Kier alpha value is -2.53. The van der Waals surface area contributed by atoms with Crippen molar-refractivity contribution in [3.05, 3.63) is 94.5 Å². The summed E-state index contributed by atoms with van der Waals surface area (Å²) >= 11 is 6.39. The average molecular weight is 437 g/mol. The van der Waals surface area contributed by atoms with Crippen LogP contribution in [0.1, 0.15) is 29.2 Å². The molecule has 1 aliphatic heterocycles. The first-order valence-corrected chi connectivity index (χ1v) is 11.2. The van der Waals surface area contributed by atoms with Gasteiger partial charge in [-0.25, -0.2) is 0 Å². The second kappa shape index (κ2) is 10.7. The number of nitrogens with one attached hydrogen (secondary N) is 1. The summed E-state index contributed by atoms with van der Waals surface area (Å²) in [5.41, 5.74) is 3.45. The van der Waals surface area contributed by atoms with E-state index in [2.05, 4.69) is 46.6 Å². The standard InChI is InChI=1S/C26H29ClN2O2/c1-30-25-13-10-22(27)18-24(25)26(29-16-5-14-28-15-17-29)21-8-11-23(12-9-21)31-19-20-6-3-2-4-7-20/h2-4,6-13,18,26,28H,5,14-17,19H2,1H3. The monoisotopic (exact) mass is 436 g/mol. The molecule has 0 amide bonds. The first kappa shape index (κ1) is 21.7. The third kappa shape index (κ3) is 5.59. The van der Waals surface area contributed by atoms with E-state index in [-0.39, 0.29) is 6.04 Å². The van der Waals surface area contributed by atoms with Crippen molar-refractivity contribution >= 4 is 11.6 Å². The summed E-state index contributed by atoms with van der Waals surface area (Å²) < 4.78 is 11.7. The van der Waals surface area contributed by atoms with Gasteiger partial charge in [-0.05, 0) is 54.4 Å². The minimum absolute atomic E-state index is 0.0664. The Morgan fingerprint density at radius 1 is 0.968 bits per heavy atom. The summed E-state index contributed by atoms with van der Waals surface area (Å²) in [5, 5.41) is 4.22. The SMILES string of the molecule is COc1ccc(Cl)cc1C(c1ccc(OCc2ccccc2)cc1)N1CCCNCC1. The van der Waals surface area contributed by atoms with E-state index in [4.69, 9.17) is 21.1 Å². The van der Waals surface area contributed by atoms with E-state index in [0.29, 0.717) is 6.61 Å². The fourth-order valence-electron chi connectivity index (χ4n) is 4.12. The Kier molecular flexibility index (Phi) is 7.47. The molecule has 3 aromatic rings. The zero-order valence-electron chi connectivity index (χ0n) is 17.9. The van der Waals surface area contributed by atoms with Crippen LogP contribution >= 0.6 is 11.6 Å². The second-order valence-electron chi connectivity index (χ2n) is 7.77. The van der Waals surface area contributed by atoms with E-state index in [0.717, 1.165) is 60.2 Å². The van der Waals surface area contributed by atoms with Crippen molar-refractivity contribution in [1.29, 1.82) is 0 Å². The number of halogens is 1. The van der Waals surface area contributed by atoms with Gasteiger partial charge in [0.15, 0.2) is 0 Å². The summed E-state index contributed by atoms with van der Waals surface area (Å²) in [6.45, 7) is 4.55. The van der Waals surface area contributed by atoms with Crippen LogP contribution in [0.25, 0.3) is 0 Å². The summed E-state index contributed by atoms with van der Waals surface area (Å²) in [6.07, 6.45) is 1.11. The highest BCUT2D eigenvalue weighted by Crippen LogP contribution is 2.37. The Balaban J connectivity index is 1.61. The third-order valence-corrected chi connectivity index (χ3v) is 5.91. The Morgan fingerprint density at radius 3 is 2.55 bits per heavy atom. The molecule has 0 bridgehead atoms. The topological polar surface area (TPSA) is 33.7 Å². The molecule has 1 atom stereocenters. The van der Waals surface area contributed by atoms with Crippen molar-refractivity contribution in [2.45, 2.75) is 19.1 Å². The second-order valence-corrected chi connectivity index (χ2v) is 8.21. The molecule has 0 saturated carbocycles. The summed E-state index contributed by atoms with van der Waals surface area (Å²) in [7, 11) is 1.72. The van der Waals surface area contributed by atoms with E-state index in [1.54, 1.807) is 7.11 Å². The highest BCUT2D eigenvalue weighted by molar-refractivity contribution is 6.30. The molecule has 31 heavy (non-hydrogen) atoms. The molecule has 5 heteroatoms. The van der Waals surface area contributed by atoms with Gasteiger partial charge >= 0.3 is 0 Å². The molecule has 0 aromatic heterocycles. The van der Waals surface area contributed by atoms with Gasteiger partial charge < -0.3 is 14.8 Å². The van der Waals surface area contributed by atoms with Gasteiger partial charge in [0.25, 0.3) is 0 Å². The molecule has 1 N–H and O–H groups in total. The summed E-state index contributed by atoms with van der Waals surface area (Å²) in [6, 6.07) is 24.6. The quantitative estimate of drug-likeness (QED) is 0.544. The fourth-order valence-corrected chi connectivity index (χ4v) is 4.30. The van der Waals surface area contributed by atoms with E-state index in [1.807, 2.05) is 36.4 Å². The Morgan fingerprint density at radius 2 is 1.77 bits per heavy atom. The first-order valence-electron chi connectivity index (χ1n) is 10.8. The molecule has 4 rings (SSSR count). The van der Waals surface area contributed by atoms with Crippen LogP contribution in [-0.4, -0.2) is 38.2 Å². The van der Waals surface area contributed by atoms with Crippen molar-refractivity contribution in [3.8, 4) is 11.5 Å². The molecular weight excluding hydrogens is 408 g/mol. The van der Waals surface area contributed by atoms with E-state index in [9.17, 15) is 0 Å². The Labute approximate surface area is 189 Å². The maximum absolute atomic E-state index is 6.39. The van der Waals surface area contributed by atoms with Crippen molar-refractivity contribution in [2.24, 2.45) is 0 Å². The lowest BCUT2D eigenvalue weighted by molar-refractivity contribution is 0.236. The molecule has 4 nitrogen and oxygen atoms in total. The minimum atomic E-state index is 0.0664. The largest absolute Gasteiger partial charge is 0.496 e. The van der Waals surface area contributed by atoms with Gasteiger partial charge in [0.05, 0.1) is 13.2 Å². The minimum Gasteiger partial charge on any atom is -0.496 e. The van der Waals surface area contributed by atoms with Crippen LogP contribution in [0.5, 0.6) is 11.5 Å². The Bertz CT molecular complexity index is 955. The number of ether oxygens (including phenoxy) is 2. The van der Waals surface area contributed by atoms with Crippen LogP contribution in [0.4, 0.5) is 0 Å². The van der Waals surface area contributed by atoms with Crippen molar-refractivity contribution < 1.29 is 9.47 Å². The number of hydrogen-bond acceptors (Lipinski definition) is 4. The number of nitrogens with zero attached hydrogens (tertiary/aromatic N) is 1. The molecule has 1 aliphatic rings. The van der Waals surface area contributed by atoms with Gasteiger partial charge in [0.1, 0.15) is 18.1 Å². The molecule has 1 fully saturated rings. The predicted octanol–water partition coefficient (Wildman–Crippen LogP) is 5.31. The summed E-state index contributed by atoms with van der Waals surface area (Å²) in [4.78, 5) is 2.51. The maximum Gasteiger partial charge on any atom is 0.124 e. The molecule has 1 unspecified atom stereocenters. The molecule has 0 aliphatic carbocycles. The number of hydrogen-bond donors (Lipinski definition) is 1. The highest BCUT2D eigenvalue weighted by atomic mass is 35.5. The van der Waals surface area contributed by atoms with E-state index in [1.165, 1.54) is 5.56 Å². The molecule has 162 valence electrons. The summed E-state index contributed by atoms with van der Waals surface area (Å²) in [5.74, 6) is 1.72. The van der Waals surface area contributed by atoms with Gasteiger partial charge in [-0.3, -0.25) is 4.90 Å². The van der Waals surface area contributed by atoms with Crippen molar-refractivity contribution in [3.63, 3.8) is 0 Å². The maximum atomic E-state index is 6.39. The van der Waals surface area contributed by atoms with E-state index < -0.39 is 0 Å². The van der Waals surface area contributed by atoms with Crippen LogP contribution in [-0.2, 0) is 6.61 Å². The molecule has 0 spiro atoms. The van der Waals surface area contributed by atoms with Crippen LogP contribution in [0.3, 0.4) is 0 Å². The number of benzene rings is 3. The first-order chi connectivity index (χ1) is 15.2. The van der Waals surface area contributed by atoms with E-state index >= 15 is 0 Å². The van der Waals surface area contributed by atoms with Gasteiger partial charge in [-0.1, -0.05) is 54.1 Å². The van der Waals surface area contributed by atoms with Crippen LogP contribution < -0.4 is 14.8 Å². The van der Waals surface area contributed by atoms with Gasteiger partial charge in [-0.2, -0.15) is 0 Å². The highest BCUT2D eigenvalue weighted by Gasteiger charge is 2.26. The molecule has 1 saturated heterocycles. The third-order valence-electron chi connectivity index (χ3n) is 5.67. The lowest BCUT2D eigenvalue weighted by Gasteiger charge is -2.32. The molecule has 0 radical (unpaired) electrons. The number of methoxy groups -OCH3 is 1. The number of rotatable bonds is 7. The van der Waals surface area contributed by atoms with Crippen molar-refractivity contribution in [2.75, 3.05) is 33.3 Å². The average Bonchev–Trinajstić information content (AvgIpc) is 3.09. The van der Waals surface area contributed by atoms with Gasteiger partial charge in [0, 0.05) is 30.2 Å². The van der Waals surface area contributed by atoms with Crippen molar-refractivity contribution in [1.82, 2.24) is 10.2 Å². The smallest absolute Gasteiger partial charge is 0.124 e. The van der Waals surface area contributed by atoms with Crippen LogP contribution in [0.15, 0.2) is 72.8 Å². The lowest BCUT2D eigenvalue weighted by atomic mass is 9.95. The predicted molar refractivity (Wildman–Crippen MR) is 126 cm³/mol. The zero-order chi connectivity index (χ0) is 21.5. The molecule has 1 heterocycles. The van der Waals surface area contributed by atoms with Gasteiger partial charge in [-0.15, -0.1) is 0 Å². The normalized spacial score (nSPS) is 15.8. The van der Waals surface area contributed by atoms with Gasteiger partial charge in [0.2, 0.25) is 0 Å².